The molecule has 10 heavy (non-hydrogen) atoms. The molecule has 0 bridgehead atoms. The van der Waals surface area contributed by atoms with Crippen LogP contribution in [0.25, 0.3) is 0 Å². The average molecular weight is 134 g/mol. The van der Waals surface area contributed by atoms with Crippen molar-refractivity contribution >= 4 is 12.2 Å². The van der Waals surface area contributed by atoms with Crippen molar-refractivity contribution in [3.05, 3.63) is 29.4 Å². The van der Waals surface area contributed by atoms with E-state index in [2.05, 4.69) is 0 Å². The van der Waals surface area contributed by atoms with Gasteiger partial charge < -0.3 is 0 Å². The smallest absolute Gasteiger partial charge is 0.150 e. The Kier molecular flexibility index (Phi) is 1.98. The summed E-state index contributed by atoms with van der Waals surface area (Å²) in [5, 5.41) is 0. The Morgan fingerprint density at radius 2 is 2.40 bits per heavy atom. The molecular formula is C8H6O2. The van der Waals surface area contributed by atoms with Gasteiger partial charge in [0.1, 0.15) is 12.2 Å². The van der Waals surface area contributed by atoms with Crippen LogP contribution in [-0.2, 0) is 9.59 Å². The zero-order valence-corrected chi connectivity index (χ0v) is 5.33. The molecule has 2 heteroatoms. The molecule has 0 N–H and O–H groups in total. The van der Waals surface area contributed by atoms with Gasteiger partial charge in [-0.3, -0.25) is 4.79 Å². The summed E-state index contributed by atoms with van der Waals surface area (Å²) in [4.78, 5) is 20.2. The highest BCUT2D eigenvalue weighted by Gasteiger charge is 1.99. The van der Waals surface area contributed by atoms with Gasteiger partial charge in [-0.15, -0.1) is 0 Å². The second-order valence-corrected chi connectivity index (χ2v) is 2.00. The minimum atomic E-state index is 0.532. The molecule has 0 amide bonds. The molecule has 0 saturated carbocycles. The molecule has 1 aliphatic carbocycles. The summed E-state index contributed by atoms with van der Waals surface area (Å²) in [7, 11) is 0. The number of rotatable bonds is 1. The summed E-state index contributed by atoms with van der Waals surface area (Å²) < 4.78 is 0. The third kappa shape index (κ3) is 1.30. The van der Waals surface area contributed by atoms with Crippen LogP contribution >= 0.6 is 0 Å². The van der Waals surface area contributed by atoms with E-state index < -0.39 is 0 Å². The van der Waals surface area contributed by atoms with Gasteiger partial charge in [-0.05, 0) is 6.08 Å². The molecule has 0 fully saturated rings. The highest BCUT2D eigenvalue weighted by molar-refractivity contribution is 5.81. The SMILES string of the molecule is O=C=C1C=C(C=O)C=CC1. The van der Waals surface area contributed by atoms with Crippen LogP contribution in [0.5, 0.6) is 0 Å². The predicted molar refractivity (Wildman–Crippen MR) is 37.1 cm³/mol. The van der Waals surface area contributed by atoms with E-state index in [1.165, 1.54) is 0 Å². The Labute approximate surface area is 58.5 Å². The van der Waals surface area contributed by atoms with Crippen molar-refractivity contribution in [1.82, 2.24) is 0 Å². The van der Waals surface area contributed by atoms with Crippen molar-refractivity contribution in [2.75, 3.05) is 0 Å². The topological polar surface area (TPSA) is 34.1 Å². The number of aldehydes is 1. The number of hydrogen-bond donors (Lipinski definition) is 0. The summed E-state index contributed by atoms with van der Waals surface area (Å²) >= 11 is 0. The first-order chi connectivity index (χ1) is 4.86. The van der Waals surface area contributed by atoms with Gasteiger partial charge >= 0.3 is 0 Å². The highest BCUT2D eigenvalue weighted by atomic mass is 16.1. The van der Waals surface area contributed by atoms with Crippen LogP contribution in [0.4, 0.5) is 0 Å². The van der Waals surface area contributed by atoms with E-state index in [-0.39, 0.29) is 0 Å². The summed E-state index contributed by atoms with van der Waals surface area (Å²) in [6.07, 6.45) is 6.30. The molecule has 0 aromatic carbocycles. The van der Waals surface area contributed by atoms with Crippen molar-refractivity contribution in [3.63, 3.8) is 0 Å². The largest absolute Gasteiger partial charge is 0.298 e. The zero-order chi connectivity index (χ0) is 7.40. The maximum Gasteiger partial charge on any atom is 0.150 e. The third-order valence-corrected chi connectivity index (χ3v) is 1.26. The van der Waals surface area contributed by atoms with Crippen molar-refractivity contribution < 1.29 is 9.59 Å². The van der Waals surface area contributed by atoms with Crippen LogP contribution in [0.1, 0.15) is 6.42 Å². The molecular weight excluding hydrogens is 128 g/mol. The molecule has 50 valence electrons. The normalized spacial score (nSPS) is 16.0. The quantitative estimate of drug-likeness (QED) is 0.393. The fourth-order valence-electron chi connectivity index (χ4n) is 0.775. The lowest BCUT2D eigenvalue weighted by atomic mass is 10.0. The Hall–Kier alpha value is -1.40. The van der Waals surface area contributed by atoms with E-state index in [1.54, 1.807) is 24.2 Å². The minimum absolute atomic E-state index is 0.532. The van der Waals surface area contributed by atoms with Crippen LogP contribution in [0.3, 0.4) is 0 Å². The molecule has 0 aromatic rings. The molecule has 0 unspecified atom stereocenters. The molecule has 1 rings (SSSR count). The molecule has 0 atom stereocenters. The summed E-state index contributed by atoms with van der Waals surface area (Å²) in [6.45, 7) is 0. The van der Waals surface area contributed by atoms with Gasteiger partial charge in [0, 0.05) is 17.6 Å². The average Bonchev–Trinajstić information content (AvgIpc) is 2.05. The van der Waals surface area contributed by atoms with E-state index in [1.807, 2.05) is 0 Å². The van der Waals surface area contributed by atoms with Crippen LogP contribution in [-0.4, -0.2) is 12.2 Å². The van der Waals surface area contributed by atoms with Crippen LogP contribution in [0.15, 0.2) is 29.4 Å². The third-order valence-electron chi connectivity index (χ3n) is 1.26. The Morgan fingerprint density at radius 1 is 1.60 bits per heavy atom. The van der Waals surface area contributed by atoms with E-state index in [9.17, 15) is 9.59 Å². The standard InChI is InChI=1S/C8H6O2/c9-5-7-2-1-3-8(4-7)6-10/h1-2,4-5H,3H2. The van der Waals surface area contributed by atoms with Gasteiger partial charge in [-0.2, -0.15) is 0 Å². The first kappa shape index (κ1) is 6.72. The second-order valence-electron chi connectivity index (χ2n) is 2.00. The molecule has 0 radical (unpaired) electrons. The number of carbonyl (C=O) groups excluding carboxylic acids is 2. The van der Waals surface area contributed by atoms with E-state index >= 15 is 0 Å². The summed E-state index contributed by atoms with van der Waals surface area (Å²) in [5.41, 5.74) is 1.06. The molecule has 1 aliphatic rings. The van der Waals surface area contributed by atoms with E-state index in [0.717, 1.165) is 0 Å². The molecule has 0 aliphatic heterocycles. The fraction of sp³-hybridized carbons (Fsp3) is 0.125. The molecule has 0 spiro atoms. The lowest BCUT2D eigenvalue weighted by Crippen LogP contribution is -1.89. The van der Waals surface area contributed by atoms with Gasteiger partial charge in [0.2, 0.25) is 0 Å². The first-order valence-electron chi connectivity index (χ1n) is 2.94. The molecule has 0 saturated heterocycles. The van der Waals surface area contributed by atoms with Gasteiger partial charge in [0.25, 0.3) is 0 Å². The van der Waals surface area contributed by atoms with Gasteiger partial charge in [-0.1, -0.05) is 12.2 Å². The van der Waals surface area contributed by atoms with Crippen LogP contribution in [0, 0.1) is 0 Å². The summed E-state index contributed by atoms with van der Waals surface area (Å²) in [5.74, 6) is 1.75. The Morgan fingerprint density at radius 3 is 3.00 bits per heavy atom. The highest BCUT2D eigenvalue weighted by Crippen LogP contribution is 2.10. The van der Waals surface area contributed by atoms with Gasteiger partial charge in [-0.25, -0.2) is 4.79 Å². The lowest BCUT2D eigenvalue weighted by Gasteiger charge is -1.98. The van der Waals surface area contributed by atoms with Crippen molar-refractivity contribution in [2.24, 2.45) is 0 Å². The second kappa shape index (κ2) is 2.95. The maximum atomic E-state index is 10.2. The van der Waals surface area contributed by atoms with E-state index in [4.69, 9.17) is 0 Å². The number of carbonyl (C=O) groups is 1. The van der Waals surface area contributed by atoms with Crippen molar-refractivity contribution in [3.8, 4) is 0 Å². The first-order valence-corrected chi connectivity index (χ1v) is 2.94. The summed E-state index contributed by atoms with van der Waals surface area (Å²) in [6, 6.07) is 0. The zero-order valence-electron chi connectivity index (χ0n) is 5.33. The predicted octanol–water partition coefficient (Wildman–Crippen LogP) is 0.830. The maximum absolute atomic E-state index is 10.2. The van der Waals surface area contributed by atoms with E-state index in [0.29, 0.717) is 23.9 Å². The molecule has 2 nitrogen and oxygen atoms in total. The fourth-order valence-corrected chi connectivity index (χ4v) is 0.775. The van der Waals surface area contributed by atoms with Crippen LogP contribution < -0.4 is 0 Å². The number of hydrogen-bond acceptors (Lipinski definition) is 2. The Balaban J connectivity index is 2.94. The van der Waals surface area contributed by atoms with Crippen molar-refractivity contribution in [1.29, 1.82) is 0 Å². The van der Waals surface area contributed by atoms with Gasteiger partial charge in [0.15, 0.2) is 0 Å². The minimum Gasteiger partial charge on any atom is -0.298 e. The lowest BCUT2D eigenvalue weighted by molar-refractivity contribution is -0.104. The van der Waals surface area contributed by atoms with Crippen molar-refractivity contribution in [2.45, 2.75) is 6.42 Å². The number of allylic oxidation sites excluding steroid dienone is 5. The Bertz CT molecular complexity index is 252. The van der Waals surface area contributed by atoms with Crippen LogP contribution in [0.2, 0.25) is 0 Å². The molecule has 0 aromatic heterocycles. The van der Waals surface area contributed by atoms with Gasteiger partial charge in [0.05, 0.1) is 0 Å². The molecule has 0 heterocycles. The monoisotopic (exact) mass is 134 g/mol.